The van der Waals surface area contributed by atoms with Gasteiger partial charge in [-0.25, -0.2) is 17.5 Å². The molecule has 3 N–H and O–H groups in total. The van der Waals surface area contributed by atoms with Crippen LogP contribution in [-0.2, 0) is 10.0 Å². The van der Waals surface area contributed by atoms with E-state index in [1.54, 1.807) is 0 Å². The molecule has 19 heavy (non-hydrogen) atoms. The smallest absolute Gasteiger partial charge is 0.243 e. The number of nitrogen functional groups attached to an aromatic ring is 1. The van der Waals surface area contributed by atoms with Crippen molar-refractivity contribution in [2.24, 2.45) is 0 Å². The van der Waals surface area contributed by atoms with Crippen LogP contribution in [0.2, 0.25) is 0 Å². The zero-order valence-corrected chi connectivity index (χ0v) is 13.3. The second-order valence-electron chi connectivity index (χ2n) is 4.47. The molecular weight excluding hydrogens is 337 g/mol. The summed E-state index contributed by atoms with van der Waals surface area (Å²) in [6, 6.07) is 2.13. The van der Waals surface area contributed by atoms with Crippen LogP contribution in [0.15, 0.2) is 21.5 Å². The Bertz CT molecular complexity index is 563. The lowest BCUT2D eigenvalue weighted by Crippen LogP contribution is -2.38. The van der Waals surface area contributed by atoms with E-state index in [0.29, 0.717) is 4.47 Å². The third kappa shape index (κ3) is 4.13. The molecule has 0 saturated heterocycles. The normalized spacial score (nSPS) is 13.8. The number of nitrogens with two attached hydrogens (primary N) is 1. The number of nitrogens with one attached hydrogen (secondary N) is 1. The van der Waals surface area contributed by atoms with Crippen LogP contribution < -0.4 is 10.5 Å². The second-order valence-corrected chi connectivity index (χ2v) is 7.06. The highest BCUT2D eigenvalue weighted by atomic mass is 79.9. The van der Waals surface area contributed by atoms with E-state index in [1.165, 1.54) is 0 Å². The van der Waals surface area contributed by atoms with E-state index in [9.17, 15) is 12.8 Å². The molecule has 0 aromatic heterocycles. The minimum absolute atomic E-state index is 0.00867. The highest BCUT2D eigenvalue weighted by molar-refractivity contribution is 9.10. The topological polar surface area (TPSA) is 75.4 Å². The summed E-state index contributed by atoms with van der Waals surface area (Å²) in [5.41, 5.74) is 5.75. The number of hydrogen-bond donors (Lipinski definition) is 2. The van der Waals surface area contributed by atoms with Gasteiger partial charge >= 0.3 is 0 Å². The molecular formula is C11H17BrFN3O2S. The van der Waals surface area contributed by atoms with Gasteiger partial charge in [0.25, 0.3) is 0 Å². The van der Waals surface area contributed by atoms with E-state index in [0.717, 1.165) is 12.1 Å². The van der Waals surface area contributed by atoms with E-state index < -0.39 is 20.7 Å². The summed E-state index contributed by atoms with van der Waals surface area (Å²) in [5.74, 6) is -0.842. The van der Waals surface area contributed by atoms with Gasteiger partial charge in [-0.05, 0) is 49.1 Å². The highest BCUT2D eigenvalue weighted by Gasteiger charge is 2.21. The number of benzene rings is 1. The Morgan fingerprint density at radius 2 is 2.05 bits per heavy atom. The van der Waals surface area contributed by atoms with Crippen molar-refractivity contribution in [2.45, 2.75) is 17.9 Å². The Kier molecular flexibility index (Phi) is 5.31. The number of likely N-dealkylation sites (N-methyl/N-ethyl adjacent to an activating group) is 1. The van der Waals surface area contributed by atoms with Gasteiger partial charge in [0.1, 0.15) is 10.7 Å². The van der Waals surface area contributed by atoms with Gasteiger partial charge in [-0.3, -0.25) is 0 Å². The Labute approximate surface area is 121 Å². The molecule has 0 aliphatic heterocycles. The molecule has 1 aromatic carbocycles. The molecule has 0 spiro atoms. The summed E-state index contributed by atoms with van der Waals surface area (Å²) in [7, 11) is -0.250. The molecule has 0 heterocycles. The van der Waals surface area contributed by atoms with Crippen molar-refractivity contribution in [3.05, 3.63) is 22.4 Å². The van der Waals surface area contributed by atoms with Crippen LogP contribution in [-0.4, -0.2) is 40.0 Å². The Morgan fingerprint density at radius 1 is 1.47 bits per heavy atom. The summed E-state index contributed by atoms with van der Waals surface area (Å²) in [4.78, 5) is 1.41. The third-order valence-electron chi connectivity index (χ3n) is 2.79. The van der Waals surface area contributed by atoms with Crippen LogP contribution in [0.1, 0.15) is 6.92 Å². The van der Waals surface area contributed by atoms with Gasteiger partial charge in [-0.2, -0.15) is 0 Å². The van der Waals surface area contributed by atoms with E-state index in [2.05, 4.69) is 20.7 Å². The summed E-state index contributed by atoms with van der Waals surface area (Å²) < 4.78 is 40.4. The standard InChI is InChI=1S/C11H17BrFN3O2S/c1-7(16(2)3)6-15-19(17,18)11-5-10(14)8(12)4-9(11)13/h4-5,7,15H,6,14H2,1-3H3. The Balaban J connectivity index is 2.98. The monoisotopic (exact) mass is 353 g/mol. The van der Waals surface area contributed by atoms with E-state index in [-0.39, 0.29) is 18.3 Å². The van der Waals surface area contributed by atoms with Crippen LogP contribution in [0.5, 0.6) is 0 Å². The Hall–Kier alpha value is -0.700. The maximum absolute atomic E-state index is 13.7. The fraction of sp³-hybridized carbons (Fsp3) is 0.455. The number of rotatable bonds is 5. The first-order valence-electron chi connectivity index (χ1n) is 5.55. The molecule has 1 unspecified atom stereocenters. The fourth-order valence-corrected chi connectivity index (χ4v) is 2.77. The molecule has 0 bridgehead atoms. The van der Waals surface area contributed by atoms with Crippen LogP contribution >= 0.6 is 15.9 Å². The van der Waals surface area contributed by atoms with Crippen molar-refractivity contribution in [3.8, 4) is 0 Å². The van der Waals surface area contributed by atoms with Gasteiger partial charge in [0.15, 0.2) is 0 Å². The number of hydrogen-bond acceptors (Lipinski definition) is 4. The zero-order valence-electron chi connectivity index (χ0n) is 10.9. The molecule has 8 heteroatoms. The van der Waals surface area contributed by atoms with Gasteiger partial charge in [0, 0.05) is 22.7 Å². The summed E-state index contributed by atoms with van der Waals surface area (Å²) in [5, 5.41) is 0. The highest BCUT2D eigenvalue weighted by Crippen LogP contribution is 2.25. The summed E-state index contributed by atoms with van der Waals surface area (Å²) in [6.07, 6.45) is 0. The van der Waals surface area contributed by atoms with Crippen molar-refractivity contribution >= 4 is 31.6 Å². The largest absolute Gasteiger partial charge is 0.398 e. The first-order chi connectivity index (χ1) is 8.65. The number of sulfonamides is 1. The molecule has 5 nitrogen and oxygen atoms in total. The van der Waals surface area contributed by atoms with E-state index in [4.69, 9.17) is 5.73 Å². The van der Waals surface area contributed by atoms with Crippen LogP contribution in [0, 0.1) is 5.82 Å². The molecule has 1 rings (SSSR count). The van der Waals surface area contributed by atoms with Gasteiger partial charge in [-0.1, -0.05) is 0 Å². The number of halogens is 2. The Morgan fingerprint density at radius 3 is 2.58 bits per heavy atom. The first kappa shape index (κ1) is 16.4. The van der Waals surface area contributed by atoms with E-state index in [1.807, 2.05) is 25.9 Å². The minimum atomic E-state index is -3.91. The zero-order chi connectivity index (χ0) is 14.8. The molecule has 1 aromatic rings. The maximum Gasteiger partial charge on any atom is 0.243 e. The quantitative estimate of drug-likeness (QED) is 0.784. The molecule has 0 fully saturated rings. The first-order valence-corrected chi connectivity index (χ1v) is 7.83. The number of nitrogens with zero attached hydrogens (tertiary/aromatic N) is 1. The van der Waals surface area contributed by atoms with Crippen LogP contribution in [0.3, 0.4) is 0 Å². The van der Waals surface area contributed by atoms with Crippen molar-refractivity contribution < 1.29 is 12.8 Å². The fourth-order valence-electron chi connectivity index (χ4n) is 1.24. The minimum Gasteiger partial charge on any atom is -0.398 e. The van der Waals surface area contributed by atoms with Crippen molar-refractivity contribution in [1.82, 2.24) is 9.62 Å². The molecule has 1 atom stereocenters. The molecule has 0 radical (unpaired) electrons. The average molecular weight is 354 g/mol. The van der Waals surface area contributed by atoms with Gasteiger partial charge < -0.3 is 10.6 Å². The molecule has 0 aliphatic carbocycles. The third-order valence-corrected chi connectivity index (χ3v) is 4.92. The summed E-state index contributed by atoms with van der Waals surface area (Å²) >= 11 is 3.04. The number of anilines is 1. The van der Waals surface area contributed by atoms with Crippen molar-refractivity contribution in [3.63, 3.8) is 0 Å². The predicted octanol–water partition coefficient (Wildman–Crippen LogP) is 1.40. The van der Waals surface area contributed by atoms with E-state index >= 15 is 0 Å². The average Bonchev–Trinajstić information content (AvgIpc) is 2.30. The van der Waals surface area contributed by atoms with Gasteiger partial charge in [-0.15, -0.1) is 0 Å². The maximum atomic E-state index is 13.7. The van der Waals surface area contributed by atoms with Crippen molar-refractivity contribution in [2.75, 3.05) is 26.4 Å². The lowest BCUT2D eigenvalue weighted by atomic mass is 10.3. The lowest BCUT2D eigenvalue weighted by Gasteiger charge is -2.20. The lowest BCUT2D eigenvalue weighted by molar-refractivity contribution is 0.313. The van der Waals surface area contributed by atoms with Crippen molar-refractivity contribution in [1.29, 1.82) is 0 Å². The van der Waals surface area contributed by atoms with Gasteiger partial charge in [0.2, 0.25) is 10.0 Å². The summed E-state index contributed by atoms with van der Waals surface area (Å²) in [6.45, 7) is 2.04. The van der Waals surface area contributed by atoms with Crippen LogP contribution in [0.25, 0.3) is 0 Å². The second kappa shape index (κ2) is 6.17. The molecule has 0 amide bonds. The van der Waals surface area contributed by atoms with Crippen LogP contribution in [0.4, 0.5) is 10.1 Å². The molecule has 0 aliphatic rings. The predicted molar refractivity (Wildman–Crippen MR) is 76.8 cm³/mol. The van der Waals surface area contributed by atoms with Gasteiger partial charge in [0.05, 0.1) is 0 Å². The molecule has 108 valence electrons. The molecule has 0 saturated carbocycles. The SMILES string of the molecule is CC(CNS(=O)(=O)c1cc(N)c(Br)cc1F)N(C)C.